The van der Waals surface area contributed by atoms with Crippen molar-refractivity contribution in [3.63, 3.8) is 0 Å². The van der Waals surface area contributed by atoms with Gasteiger partial charge < -0.3 is 25.6 Å². The monoisotopic (exact) mass is 384 g/mol. The summed E-state index contributed by atoms with van der Waals surface area (Å²) < 4.78 is 5.39. The second-order valence-electron chi connectivity index (χ2n) is 6.42. The molecule has 0 aliphatic rings. The summed E-state index contributed by atoms with van der Waals surface area (Å²) in [5.41, 5.74) is 2.48. The van der Waals surface area contributed by atoms with Crippen molar-refractivity contribution in [3.05, 3.63) is 48.0 Å². The summed E-state index contributed by atoms with van der Waals surface area (Å²) in [5, 5.41) is 8.41. The molecule has 0 aliphatic carbocycles. The first-order valence-corrected chi connectivity index (χ1v) is 9.35. The summed E-state index contributed by atoms with van der Waals surface area (Å²) >= 11 is 0. The SMILES string of the molecule is CCCNC(=O)c1cc(NC(=O)Nc2ccc(OCC)cc2)ccc1N(C)C. The molecule has 0 radical (unpaired) electrons. The van der Waals surface area contributed by atoms with Crippen molar-refractivity contribution < 1.29 is 14.3 Å². The highest BCUT2D eigenvalue weighted by Gasteiger charge is 2.14. The van der Waals surface area contributed by atoms with E-state index in [2.05, 4.69) is 16.0 Å². The van der Waals surface area contributed by atoms with E-state index in [0.717, 1.165) is 17.9 Å². The first-order valence-electron chi connectivity index (χ1n) is 9.35. The minimum atomic E-state index is -0.387. The average molecular weight is 384 g/mol. The van der Waals surface area contributed by atoms with Gasteiger partial charge in [0.05, 0.1) is 12.2 Å². The maximum absolute atomic E-state index is 12.5. The van der Waals surface area contributed by atoms with Crippen molar-refractivity contribution >= 4 is 29.0 Å². The van der Waals surface area contributed by atoms with Gasteiger partial charge in [0.15, 0.2) is 0 Å². The molecule has 0 unspecified atom stereocenters. The third kappa shape index (κ3) is 5.90. The van der Waals surface area contributed by atoms with Gasteiger partial charge in [-0.15, -0.1) is 0 Å². The van der Waals surface area contributed by atoms with E-state index in [1.54, 1.807) is 36.4 Å². The molecule has 7 nitrogen and oxygen atoms in total. The van der Waals surface area contributed by atoms with Gasteiger partial charge in [-0.05, 0) is 55.8 Å². The first-order chi connectivity index (χ1) is 13.4. The average Bonchev–Trinajstić information content (AvgIpc) is 2.67. The fourth-order valence-corrected chi connectivity index (χ4v) is 2.61. The zero-order valence-electron chi connectivity index (χ0n) is 16.8. The number of carbonyl (C=O) groups is 2. The van der Waals surface area contributed by atoms with E-state index in [0.29, 0.717) is 30.1 Å². The van der Waals surface area contributed by atoms with Crippen LogP contribution in [-0.4, -0.2) is 39.2 Å². The van der Waals surface area contributed by atoms with Crippen LogP contribution < -0.4 is 25.6 Å². The summed E-state index contributed by atoms with van der Waals surface area (Å²) in [5.74, 6) is 0.580. The number of ether oxygens (including phenoxy) is 1. The van der Waals surface area contributed by atoms with Crippen molar-refractivity contribution in [2.24, 2.45) is 0 Å². The number of urea groups is 1. The number of nitrogens with one attached hydrogen (secondary N) is 3. The maximum Gasteiger partial charge on any atom is 0.323 e. The lowest BCUT2D eigenvalue weighted by Crippen LogP contribution is -2.27. The van der Waals surface area contributed by atoms with E-state index >= 15 is 0 Å². The van der Waals surface area contributed by atoms with Gasteiger partial charge in [0.2, 0.25) is 0 Å². The number of nitrogens with zero attached hydrogens (tertiary/aromatic N) is 1. The fourth-order valence-electron chi connectivity index (χ4n) is 2.61. The van der Waals surface area contributed by atoms with Crippen LogP contribution in [0.5, 0.6) is 5.75 Å². The molecule has 0 bridgehead atoms. The zero-order chi connectivity index (χ0) is 20.5. The van der Waals surface area contributed by atoms with Crippen LogP contribution in [0.3, 0.4) is 0 Å². The fraction of sp³-hybridized carbons (Fsp3) is 0.333. The minimum Gasteiger partial charge on any atom is -0.494 e. The highest BCUT2D eigenvalue weighted by Crippen LogP contribution is 2.23. The number of benzene rings is 2. The van der Waals surface area contributed by atoms with E-state index in [1.807, 2.05) is 38.9 Å². The lowest BCUT2D eigenvalue weighted by molar-refractivity contribution is 0.0954. The summed E-state index contributed by atoms with van der Waals surface area (Å²) in [4.78, 5) is 26.6. The van der Waals surface area contributed by atoms with Gasteiger partial charge in [-0.25, -0.2) is 4.79 Å². The molecule has 0 saturated heterocycles. The number of anilines is 3. The maximum atomic E-state index is 12.5. The van der Waals surface area contributed by atoms with Gasteiger partial charge in [-0.1, -0.05) is 6.92 Å². The molecule has 0 atom stereocenters. The van der Waals surface area contributed by atoms with E-state index < -0.39 is 0 Å². The Bertz CT molecular complexity index is 804. The van der Waals surface area contributed by atoms with Gasteiger partial charge in [0.25, 0.3) is 5.91 Å². The molecule has 0 spiro atoms. The molecule has 28 heavy (non-hydrogen) atoms. The van der Waals surface area contributed by atoms with Crippen LogP contribution in [0.15, 0.2) is 42.5 Å². The van der Waals surface area contributed by atoms with E-state index in [9.17, 15) is 9.59 Å². The number of rotatable bonds is 8. The van der Waals surface area contributed by atoms with Gasteiger partial charge in [-0.3, -0.25) is 4.79 Å². The summed E-state index contributed by atoms with van der Waals surface area (Å²) in [6, 6.07) is 12.0. The van der Waals surface area contributed by atoms with Crippen molar-refractivity contribution in [1.29, 1.82) is 0 Å². The molecular weight excluding hydrogens is 356 g/mol. The van der Waals surface area contributed by atoms with Crippen LogP contribution in [0.2, 0.25) is 0 Å². The molecule has 150 valence electrons. The van der Waals surface area contributed by atoms with Gasteiger partial charge in [-0.2, -0.15) is 0 Å². The van der Waals surface area contributed by atoms with Gasteiger partial charge >= 0.3 is 6.03 Å². The largest absolute Gasteiger partial charge is 0.494 e. The molecule has 0 heterocycles. The molecule has 2 rings (SSSR count). The Hall–Kier alpha value is -3.22. The third-order valence-corrected chi connectivity index (χ3v) is 3.94. The Kier molecular flexibility index (Phi) is 7.68. The Morgan fingerprint density at radius 2 is 1.61 bits per heavy atom. The number of hydrogen-bond acceptors (Lipinski definition) is 4. The molecule has 2 aromatic carbocycles. The molecule has 0 saturated carbocycles. The first kappa shape index (κ1) is 21.1. The molecule has 3 amide bonds. The highest BCUT2D eigenvalue weighted by atomic mass is 16.5. The molecule has 7 heteroatoms. The standard InChI is InChI=1S/C21H28N4O3/c1-5-13-22-20(26)18-14-16(9-12-19(18)25(3)4)24-21(27)23-15-7-10-17(11-8-15)28-6-2/h7-12,14H,5-6,13H2,1-4H3,(H,22,26)(H2,23,24,27). The summed E-state index contributed by atoms with van der Waals surface area (Å²) in [6.07, 6.45) is 0.853. The lowest BCUT2D eigenvalue weighted by Gasteiger charge is -2.18. The van der Waals surface area contributed by atoms with Crippen molar-refractivity contribution in [3.8, 4) is 5.75 Å². The molecule has 0 aliphatic heterocycles. The van der Waals surface area contributed by atoms with Crippen LogP contribution in [-0.2, 0) is 0 Å². The topological polar surface area (TPSA) is 82.7 Å². The Labute approximate surface area is 166 Å². The summed E-state index contributed by atoms with van der Waals surface area (Å²) in [6.45, 7) is 5.10. The Morgan fingerprint density at radius 3 is 2.21 bits per heavy atom. The second-order valence-corrected chi connectivity index (χ2v) is 6.42. The Morgan fingerprint density at radius 1 is 0.964 bits per heavy atom. The van der Waals surface area contributed by atoms with Crippen molar-refractivity contribution in [2.45, 2.75) is 20.3 Å². The van der Waals surface area contributed by atoms with Crippen LogP contribution >= 0.6 is 0 Å². The lowest BCUT2D eigenvalue weighted by atomic mass is 10.1. The predicted molar refractivity (Wildman–Crippen MR) is 114 cm³/mol. The van der Waals surface area contributed by atoms with E-state index in [-0.39, 0.29) is 11.9 Å². The predicted octanol–water partition coefficient (Wildman–Crippen LogP) is 3.94. The van der Waals surface area contributed by atoms with E-state index in [1.165, 1.54) is 0 Å². The number of amides is 3. The van der Waals surface area contributed by atoms with Crippen LogP contribution in [0.25, 0.3) is 0 Å². The van der Waals surface area contributed by atoms with Gasteiger partial charge in [0.1, 0.15) is 5.75 Å². The van der Waals surface area contributed by atoms with Crippen LogP contribution in [0, 0.1) is 0 Å². The number of hydrogen-bond donors (Lipinski definition) is 3. The van der Waals surface area contributed by atoms with E-state index in [4.69, 9.17) is 4.74 Å². The third-order valence-electron chi connectivity index (χ3n) is 3.94. The molecule has 3 N–H and O–H groups in total. The zero-order valence-corrected chi connectivity index (χ0v) is 16.8. The summed E-state index contributed by atoms with van der Waals surface area (Å²) in [7, 11) is 3.75. The molecule has 0 aromatic heterocycles. The van der Waals surface area contributed by atoms with Gasteiger partial charge in [0, 0.05) is 37.7 Å². The quantitative estimate of drug-likeness (QED) is 0.644. The molecule has 2 aromatic rings. The van der Waals surface area contributed by atoms with Crippen LogP contribution in [0.1, 0.15) is 30.6 Å². The number of carbonyl (C=O) groups excluding carboxylic acids is 2. The smallest absolute Gasteiger partial charge is 0.323 e. The molecule has 0 fully saturated rings. The molecular formula is C21H28N4O3. The second kappa shape index (κ2) is 10.2. The van der Waals surface area contributed by atoms with Crippen LogP contribution in [0.4, 0.5) is 21.9 Å². The Balaban J connectivity index is 2.09. The van der Waals surface area contributed by atoms with Crippen molar-refractivity contribution in [2.75, 3.05) is 42.8 Å². The normalized spacial score (nSPS) is 10.1. The minimum absolute atomic E-state index is 0.166. The highest BCUT2D eigenvalue weighted by molar-refractivity contribution is 6.03. The van der Waals surface area contributed by atoms with Crippen molar-refractivity contribution in [1.82, 2.24) is 5.32 Å².